The van der Waals surface area contributed by atoms with Crippen LogP contribution in [0.3, 0.4) is 0 Å². The van der Waals surface area contributed by atoms with E-state index < -0.39 is 24.0 Å². The molecular formula is C20H31NO4. The van der Waals surface area contributed by atoms with Gasteiger partial charge in [-0.2, -0.15) is 0 Å². The van der Waals surface area contributed by atoms with Crippen molar-refractivity contribution in [1.82, 2.24) is 5.32 Å². The van der Waals surface area contributed by atoms with Crippen LogP contribution in [-0.4, -0.2) is 36.2 Å². The van der Waals surface area contributed by atoms with Gasteiger partial charge in [-0.25, -0.2) is 4.79 Å². The zero-order valence-electron chi connectivity index (χ0n) is 16.1. The first kappa shape index (κ1) is 21.2. The molecule has 5 heteroatoms. The SMILES string of the molecule is COC(=O)[C@@H](Cc1ccc(C(C)(C)C)cc1)NC(=O)[C@@H](O)CC(C)C. The van der Waals surface area contributed by atoms with E-state index >= 15 is 0 Å². The molecule has 140 valence electrons. The van der Waals surface area contributed by atoms with E-state index in [0.29, 0.717) is 12.8 Å². The first-order valence-electron chi connectivity index (χ1n) is 8.70. The third-order valence-corrected chi connectivity index (χ3v) is 4.06. The summed E-state index contributed by atoms with van der Waals surface area (Å²) in [7, 11) is 1.29. The fourth-order valence-electron chi connectivity index (χ4n) is 2.53. The molecule has 0 aliphatic carbocycles. The fraction of sp³-hybridized carbons (Fsp3) is 0.600. The molecule has 1 rings (SSSR count). The third-order valence-electron chi connectivity index (χ3n) is 4.06. The van der Waals surface area contributed by atoms with Gasteiger partial charge in [0.15, 0.2) is 0 Å². The zero-order chi connectivity index (χ0) is 19.2. The monoisotopic (exact) mass is 349 g/mol. The molecule has 0 aliphatic rings. The van der Waals surface area contributed by atoms with Crippen molar-refractivity contribution in [1.29, 1.82) is 0 Å². The molecule has 0 radical (unpaired) electrons. The second kappa shape index (κ2) is 8.99. The van der Waals surface area contributed by atoms with Crippen molar-refractivity contribution >= 4 is 11.9 Å². The molecule has 0 unspecified atom stereocenters. The summed E-state index contributed by atoms with van der Waals surface area (Å²) in [6.45, 7) is 10.2. The molecule has 2 N–H and O–H groups in total. The van der Waals surface area contributed by atoms with Crippen LogP contribution in [0, 0.1) is 5.92 Å². The molecule has 0 aliphatic heterocycles. The highest BCUT2D eigenvalue weighted by molar-refractivity contribution is 5.87. The number of benzene rings is 1. The second-order valence-corrected chi connectivity index (χ2v) is 7.88. The van der Waals surface area contributed by atoms with Crippen LogP contribution in [-0.2, 0) is 26.2 Å². The molecule has 1 aromatic carbocycles. The number of amides is 1. The standard InChI is InChI=1S/C20H31NO4/c1-13(2)11-17(22)18(23)21-16(19(24)25-6)12-14-7-9-15(10-8-14)20(3,4)5/h7-10,13,16-17,22H,11-12H2,1-6H3,(H,21,23)/t16-,17+/m1/s1. The van der Waals surface area contributed by atoms with E-state index in [2.05, 4.69) is 26.1 Å². The summed E-state index contributed by atoms with van der Waals surface area (Å²) >= 11 is 0. The maximum atomic E-state index is 12.1. The molecular weight excluding hydrogens is 318 g/mol. The van der Waals surface area contributed by atoms with E-state index in [1.807, 2.05) is 38.1 Å². The van der Waals surface area contributed by atoms with Gasteiger partial charge in [-0.3, -0.25) is 4.79 Å². The lowest BCUT2D eigenvalue weighted by molar-refractivity contribution is -0.146. The lowest BCUT2D eigenvalue weighted by Gasteiger charge is -2.21. The molecule has 0 fully saturated rings. The van der Waals surface area contributed by atoms with E-state index in [0.717, 1.165) is 5.56 Å². The minimum Gasteiger partial charge on any atom is -0.467 e. The van der Waals surface area contributed by atoms with Crippen LogP contribution in [0.15, 0.2) is 24.3 Å². The van der Waals surface area contributed by atoms with Crippen molar-refractivity contribution in [3.05, 3.63) is 35.4 Å². The van der Waals surface area contributed by atoms with E-state index in [1.54, 1.807) is 0 Å². The Morgan fingerprint density at radius 2 is 1.72 bits per heavy atom. The Balaban J connectivity index is 2.83. The summed E-state index contributed by atoms with van der Waals surface area (Å²) in [5, 5.41) is 12.5. The Kier molecular flexibility index (Phi) is 7.61. The van der Waals surface area contributed by atoms with Gasteiger partial charge in [0.1, 0.15) is 12.1 Å². The maximum absolute atomic E-state index is 12.1. The largest absolute Gasteiger partial charge is 0.467 e. The molecule has 5 nitrogen and oxygen atoms in total. The van der Waals surface area contributed by atoms with Crippen molar-refractivity contribution in [2.24, 2.45) is 5.92 Å². The van der Waals surface area contributed by atoms with Crippen LogP contribution in [0.25, 0.3) is 0 Å². The Morgan fingerprint density at radius 3 is 2.16 bits per heavy atom. The van der Waals surface area contributed by atoms with Gasteiger partial charge in [0.2, 0.25) is 5.91 Å². The average Bonchev–Trinajstić information content (AvgIpc) is 2.52. The first-order chi connectivity index (χ1) is 11.5. The van der Waals surface area contributed by atoms with E-state index in [1.165, 1.54) is 12.7 Å². The van der Waals surface area contributed by atoms with Crippen molar-refractivity contribution in [2.45, 2.75) is 65.0 Å². The van der Waals surface area contributed by atoms with Crippen molar-refractivity contribution in [2.75, 3.05) is 7.11 Å². The van der Waals surface area contributed by atoms with Crippen LogP contribution in [0.2, 0.25) is 0 Å². The van der Waals surface area contributed by atoms with Gasteiger partial charge < -0.3 is 15.2 Å². The molecule has 0 saturated carbocycles. The molecule has 0 heterocycles. The second-order valence-electron chi connectivity index (χ2n) is 7.88. The highest BCUT2D eigenvalue weighted by Crippen LogP contribution is 2.22. The molecule has 1 amide bonds. The van der Waals surface area contributed by atoms with Gasteiger partial charge in [-0.1, -0.05) is 58.9 Å². The Bertz CT molecular complexity index is 572. The number of hydrogen-bond acceptors (Lipinski definition) is 4. The van der Waals surface area contributed by atoms with E-state index in [9.17, 15) is 14.7 Å². The number of rotatable bonds is 7. The van der Waals surface area contributed by atoms with Gasteiger partial charge in [-0.15, -0.1) is 0 Å². The Hall–Kier alpha value is -1.88. The molecule has 0 bridgehead atoms. The smallest absolute Gasteiger partial charge is 0.328 e. The normalized spacial score (nSPS) is 14.1. The number of nitrogens with one attached hydrogen (secondary N) is 1. The van der Waals surface area contributed by atoms with Crippen LogP contribution in [0.4, 0.5) is 0 Å². The van der Waals surface area contributed by atoms with Crippen LogP contribution in [0.5, 0.6) is 0 Å². The maximum Gasteiger partial charge on any atom is 0.328 e. The zero-order valence-corrected chi connectivity index (χ0v) is 16.1. The molecule has 0 saturated heterocycles. The van der Waals surface area contributed by atoms with Gasteiger partial charge in [0.25, 0.3) is 0 Å². The summed E-state index contributed by atoms with van der Waals surface area (Å²) in [4.78, 5) is 24.1. The Labute approximate surface area is 150 Å². The van der Waals surface area contributed by atoms with Crippen LogP contribution < -0.4 is 5.32 Å². The predicted octanol–water partition coefficient (Wildman–Crippen LogP) is 2.59. The summed E-state index contributed by atoms with van der Waals surface area (Å²) in [5.41, 5.74) is 2.17. The van der Waals surface area contributed by atoms with E-state index in [4.69, 9.17) is 4.74 Å². The highest BCUT2D eigenvalue weighted by atomic mass is 16.5. The van der Waals surface area contributed by atoms with Gasteiger partial charge in [0, 0.05) is 6.42 Å². The molecule has 25 heavy (non-hydrogen) atoms. The topological polar surface area (TPSA) is 75.6 Å². The number of methoxy groups -OCH3 is 1. The molecule has 0 aromatic heterocycles. The van der Waals surface area contributed by atoms with Crippen molar-refractivity contribution in [3.8, 4) is 0 Å². The van der Waals surface area contributed by atoms with Gasteiger partial charge in [0.05, 0.1) is 7.11 Å². The quantitative estimate of drug-likeness (QED) is 0.742. The van der Waals surface area contributed by atoms with E-state index in [-0.39, 0.29) is 11.3 Å². The van der Waals surface area contributed by atoms with Crippen LogP contribution >= 0.6 is 0 Å². The van der Waals surface area contributed by atoms with Crippen LogP contribution in [0.1, 0.15) is 52.2 Å². The first-order valence-corrected chi connectivity index (χ1v) is 8.70. The fourth-order valence-corrected chi connectivity index (χ4v) is 2.53. The molecule has 0 spiro atoms. The third kappa shape index (κ3) is 6.86. The number of ether oxygens (including phenoxy) is 1. The van der Waals surface area contributed by atoms with Gasteiger partial charge >= 0.3 is 5.97 Å². The summed E-state index contributed by atoms with van der Waals surface area (Å²) in [6, 6.07) is 7.14. The number of carbonyl (C=O) groups excluding carboxylic acids is 2. The summed E-state index contributed by atoms with van der Waals surface area (Å²) in [5.74, 6) is -0.886. The van der Waals surface area contributed by atoms with Gasteiger partial charge in [-0.05, 0) is 28.9 Å². The highest BCUT2D eigenvalue weighted by Gasteiger charge is 2.26. The number of esters is 1. The molecule has 1 aromatic rings. The number of aliphatic hydroxyl groups excluding tert-OH is 1. The number of hydrogen-bond donors (Lipinski definition) is 2. The Morgan fingerprint density at radius 1 is 1.16 bits per heavy atom. The predicted molar refractivity (Wildman–Crippen MR) is 98.3 cm³/mol. The minimum atomic E-state index is -1.13. The lowest BCUT2D eigenvalue weighted by Crippen LogP contribution is -2.47. The number of aliphatic hydroxyl groups is 1. The van der Waals surface area contributed by atoms with Crippen molar-refractivity contribution in [3.63, 3.8) is 0 Å². The minimum absolute atomic E-state index is 0.0510. The summed E-state index contributed by atoms with van der Waals surface area (Å²) in [6.07, 6.45) is -0.465. The van der Waals surface area contributed by atoms with Crippen molar-refractivity contribution < 1.29 is 19.4 Å². The summed E-state index contributed by atoms with van der Waals surface area (Å²) < 4.78 is 4.79. The number of carbonyl (C=O) groups is 2. The molecule has 2 atom stereocenters. The lowest BCUT2D eigenvalue weighted by atomic mass is 9.86. The average molecular weight is 349 g/mol.